The Hall–Kier alpha value is 1.28. The van der Waals surface area contributed by atoms with Crippen molar-refractivity contribution in [3.05, 3.63) is 0 Å². The minimum atomic E-state index is -2.66. The lowest BCUT2D eigenvalue weighted by Crippen LogP contribution is -2.36. The highest BCUT2D eigenvalue weighted by molar-refractivity contribution is 9.09. The number of morpholine rings is 2. The number of hydrogen-bond donors (Lipinski definition) is 1. The summed E-state index contributed by atoms with van der Waals surface area (Å²) in [6.45, 7) is 2.64. The number of nitrogens with zero attached hydrogens (tertiary/aromatic N) is 1. The van der Waals surface area contributed by atoms with Crippen LogP contribution < -0.4 is 5.32 Å². The van der Waals surface area contributed by atoms with Crippen molar-refractivity contribution in [1.29, 1.82) is 0 Å². The summed E-state index contributed by atoms with van der Waals surface area (Å²) in [5, 5.41) is -4.06. The zero-order chi connectivity index (χ0) is 26.4. The summed E-state index contributed by atoms with van der Waals surface area (Å²) in [6, 6.07) is 0. The zero-order valence-electron chi connectivity index (χ0n) is 23.6. The maximum absolute atomic E-state index is 7.77. The van der Waals surface area contributed by atoms with E-state index in [1.807, 2.05) is 0 Å². The molecule has 0 aromatic carbocycles. The summed E-state index contributed by atoms with van der Waals surface area (Å²) in [5.74, 6) is 0. The fraction of sp³-hybridized carbons (Fsp3) is 1.00. The lowest BCUT2D eigenvalue weighted by atomic mass is 10.4. The maximum Gasteiger partial charge on any atom is 0.0594 e. The fourth-order valence-electron chi connectivity index (χ4n) is 1.31. The Morgan fingerprint density at radius 2 is 1.38 bits per heavy atom. The van der Waals surface area contributed by atoms with Crippen molar-refractivity contribution in [3.63, 3.8) is 0 Å². The standard InChI is InChI=1S/C7H14BrNO.C4H9NO.C3H6Br2/c8-2-1-3-9-4-6-10-7-5-9;1-3-6-4-2-5-1;4-2-1-3-5/h1-7H2;5H,1-4H2;1-3H2/i1D2,2D2,3D2;;1D2,2D2,3D2. The monoisotopic (exact) mass is 506 g/mol. The van der Waals surface area contributed by atoms with Crippen molar-refractivity contribution in [1.82, 2.24) is 10.2 Å². The summed E-state index contributed by atoms with van der Waals surface area (Å²) < 4.78 is 97.3. The molecule has 0 spiro atoms. The van der Waals surface area contributed by atoms with E-state index in [2.05, 4.69) is 53.1 Å². The lowest BCUT2D eigenvalue weighted by molar-refractivity contribution is 0.0381. The van der Waals surface area contributed by atoms with Gasteiger partial charge in [0.25, 0.3) is 0 Å². The lowest BCUT2D eigenvalue weighted by Gasteiger charge is -2.25. The molecule has 7 heteroatoms. The van der Waals surface area contributed by atoms with Gasteiger partial charge >= 0.3 is 0 Å². The zero-order valence-corrected chi connectivity index (χ0v) is 16.3. The SMILES string of the molecule is C1COCCN1.[2H]C([2H])(Br)C([2H])([2H])C([2H])([2H])Br.[2H]C([2H])(Br)C([2H])([2H])C([2H])([2H])N1CCOCC1. The van der Waals surface area contributed by atoms with Crippen molar-refractivity contribution in [3.8, 4) is 0 Å². The van der Waals surface area contributed by atoms with Crippen molar-refractivity contribution >= 4 is 47.8 Å². The molecule has 0 radical (unpaired) electrons. The van der Waals surface area contributed by atoms with Gasteiger partial charge in [0.15, 0.2) is 0 Å². The van der Waals surface area contributed by atoms with Crippen LogP contribution in [0.2, 0.25) is 0 Å². The highest BCUT2D eigenvalue weighted by Gasteiger charge is 2.08. The topological polar surface area (TPSA) is 33.7 Å². The number of alkyl halides is 3. The van der Waals surface area contributed by atoms with E-state index >= 15 is 0 Å². The van der Waals surface area contributed by atoms with Crippen LogP contribution >= 0.6 is 47.8 Å². The molecule has 0 saturated carbocycles. The molecule has 0 unspecified atom stereocenters. The van der Waals surface area contributed by atoms with Gasteiger partial charge in [-0.3, -0.25) is 4.90 Å². The Balaban J connectivity index is 0.000000518. The Bertz CT molecular complexity index is 548. The van der Waals surface area contributed by atoms with E-state index in [-0.39, 0.29) is 13.1 Å². The normalized spacial score (nSPS) is 31.6. The van der Waals surface area contributed by atoms with Crippen LogP contribution in [0.5, 0.6) is 0 Å². The summed E-state index contributed by atoms with van der Waals surface area (Å²) in [7, 11) is 0. The quantitative estimate of drug-likeness (QED) is 0.579. The van der Waals surface area contributed by atoms with Gasteiger partial charge in [0.05, 0.1) is 26.4 Å². The van der Waals surface area contributed by atoms with E-state index in [4.69, 9.17) is 25.9 Å². The minimum absolute atomic E-state index is 0.260. The number of halogens is 3. The molecule has 0 aromatic rings. The van der Waals surface area contributed by atoms with E-state index in [1.54, 1.807) is 0 Å². The van der Waals surface area contributed by atoms with E-state index < -0.39 is 35.1 Å². The van der Waals surface area contributed by atoms with E-state index in [0.717, 1.165) is 26.3 Å². The third kappa shape index (κ3) is 17.5. The Labute approximate surface area is 171 Å². The van der Waals surface area contributed by atoms with Crippen LogP contribution in [0.3, 0.4) is 0 Å². The molecule has 2 heterocycles. The van der Waals surface area contributed by atoms with Gasteiger partial charge in [0.1, 0.15) is 0 Å². The van der Waals surface area contributed by atoms with Gasteiger partial charge in [0, 0.05) is 58.5 Å². The molecule has 0 amide bonds. The molecular weight excluding hydrogens is 468 g/mol. The molecule has 2 fully saturated rings. The van der Waals surface area contributed by atoms with Crippen LogP contribution in [0.15, 0.2) is 0 Å². The van der Waals surface area contributed by atoms with Crippen molar-refractivity contribution in [2.24, 2.45) is 0 Å². The highest BCUT2D eigenvalue weighted by Crippen LogP contribution is 1.98. The van der Waals surface area contributed by atoms with Crippen LogP contribution in [0.25, 0.3) is 0 Å². The van der Waals surface area contributed by atoms with Gasteiger partial charge in [-0.25, -0.2) is 0 Å². The second-order valence-corrected chi connectivity index (χ2v) is 4.80. The number of nitrogens with one attached hydrogen (secondary N) is 1. The number of rotatable bonds is 5. The number of ether oxygens (including phenoxy) is 2. The molecule has 21 heavy (non-hydrogen) atoms. The maximum atomic E-state index is 7.77. The van der Waals surface area contributed by atoms with E-state index in [9.17, 15) is 0 Å². The largest absolute Gasteiger partial charge is 0.379 e. The van der Waals surface area contributed by atoms with Crippen LogP contribution in [-0.2, 0) is 9.47 Å². The predicted octanol–water partition coefficient (Wildman–Crippen LogP) is 2.88. The van der Waals surface area contributed by atoms with Gasteiger partial charge in [0.2, 0.25) is 0 Å². The van der Waals surface area contributed by atoms with E-state index in [1.165, 1.54) is 4.90 Å². The molecule has 2 rings (SSSR count). The molecule has 2 aliphatic rings. The first-order valence-electron chi connectivity index (χ1n) is 12.3. The molecule has 0 bridgehead atoms. The summed E-state index contributed by atoms with van der Waals surface area (Å²) in [6.07, 6.45) is -5.28. The van der Waals surface area contributed by atoms with Crippen molar-refractivity contribution in [2.75, 3.05) is 74.9 Å². The van der Waals surface area contributed by atoms with Gasteiger partial charge in [-0.05, 0) is 19.2 Å². The summed E-state index contributed by atoms with van der Waals surface area (Å²) in [4.78, 5) is 1.27. The molecule has 2 saturated heterocycles. The molecule has 0 atom stereocenters. The molecule has 2 aliphatic heterocycles. The first-order chi connectivity index (χ1) is 14.6. The molecule has 4 nitrogen and oxygen atoms in total. The third-order valence-corrected chi connectivity index (χ3v) is 2.81. The van der Waals surface area contributed by atoms with E-state index in [0.29, 0.717) is 13.2 Å². The highest BCUT2D eigenvalue weighted by atomic mass is 79.9. The minimum Gasteiger partial charge on any atom is -0.379 e. The molecule has 1 N–H and O–H groups in total. The van der Waals surface area contributed by atoms with Crippen molar-refractivity contribution in [2.45, 2.75) is 12.7 Å². The summed E-state index contributed by atoms with van der Waals surface area (Å²) in [5.41, 5.74) is 0. The summed E-state index contributed by atoms with van der Waals surface area (Å²) >= 11 is 7.41. The smallest absolute Gasteiger partial charge is 0.0594 e. The van der Waals surface area contributed by atoms with Crippen LogP contribution in [-0.4, -0.2) is 79.8 Å². The van der Waals surface area contributed by atoms with Gasteiger partial charge < -0.3 is 14.8 Å². The van der Waals surface area contributed by atoms with Crippen LogP contribution in [0.1, 0.15) is 29.2 Å². The van der Waals surface area contributed by atoms with Gasteiger partial charge in [-0.2, -0.15) is 0 Å². The second kappa shape index (κ2) is 19.3. The van der Waals surface area contributed by atoms with Crippen LogP contribution in [0.4, 0.5) is 0 Å². The Morgan fingerprint density at radius 3 is 1.71 bits per heavy atom. The molecule has 128 valence electrons. The van der Waals surface area contributed by atoms with Gasteiger partial charge in [-0.15, -0.1) is 0 Å². The van der Waals surface area contributed by atoms with Gasteiger partial charge in [-0.1, -0.05) is 47.8 Å². The average Bonchev–Trinajstić information content (AvgIpc) is 2.68. The fourth-order valence-corrected chi connectivity index (χ4v) is 1.86. The molecular formula is C14H29Br3N2O2. The second-order valence-electron chi connectivity index (χ2n) is 3.61. The Morgan fingerprint density at radius 1 is 0.857 bits per heavy atom. The first-order valence-corrected chi connectivity index (χ1v) is 8.66. The predicted molar refractivity (Wildman–Crippen MR) is 102 cm³/mol. The average molecular weight is 509 g/mol. The third-order valence-electron chi connectivity index (χ3n) is 2.21. The first kappa shape index (κ1) is 9.11. The molecule has 0 aliphatic carbocycles. The van der Waals surface area contributed by atoms with Crippen LogP contribution in [0, 0.1) is 0 Å². The Kier molecular flexibility index (Phi) is 8.38. The molecule has 0 aromatic heterocycles. The van der Waals surface area contributed by atoms with Crippen molar-refractivity contribution < 1.29 is 25.9 Å². The number of hydrogen-bond acceptors (Lipinski definition) is 4.